The largest absolute Gasteiger partial charge is 0.489 e. The summed E-state index contributed by atoms with van der Waals surface area (Å²) < 4.78 is 6.31. The van der Waals surface area contributed by atoms with Crippen molar-refractivity contribution in [2.75, 3.05) is 0 Å². The highest BCUT2D eigenvalue weighted by Crippen LogP contribution is 2.40. The van der Waals surface area contributed by atoms with E-state index in [2.05, 4.69) is 86.1 Å². The molecule has 1 aliphatic rings. The molecule has 0 spiro atoms. The number of para-hydroxylation sites is 1. The second-order valence-electron chi connectivity index (χ2n) is 6.39. The van der Waals surface area contributed by atoms with Gasteiger partial charge in [-0.15, -0.1) is 0 Å². The van der Waals surface area contributed by atoms with Crippen molar-refractivity contribution in [1.82, 2.24) is 0 Å². The van der Waals surface area contributed by atoms with Crippen LogP contribution in [0.3, 0.4) is 0 Å². The van der Waals surface area contributed by atoms with Crippen LogP contribution in [0.2, 0.25) is 0 Å². The third kappa shape index (κ3) is 2.94. The van der Waals surface area contributed by atoms with E-state index in [0.717, 1.165) is 18.6 Å². The molecule has 0 saturated heterocycles. The Morgan fingerprint density at radius 1 is 0.875 bits per heavy atom. The fourth-order valence-corrected chi connectivity index (χ4v) is 3.39. The maximum absolute atomic E-state index is 6.31. The molecule has 4 rings (SSSR count). The summed E-state index contributed by atoms with van der Waals surface area (Å²) in [6.07, 6.45) is 4.35. The van der Waals surface area contributed by atoms with Crippen molar-refractivity contribution in [3.8, 4) is 16.9 Å². The van der Waals surface area contributed by atoms with Crippen molar-refractivity contribution in [2.24, 2.45) is 0 Å². The SMILES string of the molecule is Cc1ccccc1-c1cccc2c1OC([CH]Cc1ccccc1)C2. The summed E-state index contributed by atoms with van der Waals surface area (Å²) in [6, 6.07) is 25.6. The van der Waals surface area contributed by atoms with Crippen molar-refractivity contribution in [3.63, 3.8) is 0 Å². The van der Waals surface area contributed by atoms with Crippen LogP contribution in [0.25, 0.3) is 11.1 Å². The molecule has 0 aliphatic carbocycles. The second-order valence-corrected chi connectivity index (χ2v) is 6.39. The lowest BCUT2D eigenvalue weighted by atomic mass is 9.97. The second kappa shape index (κ2) is 6.52. The third-order valence-corrected chi connectivity index (χ3v) is 4.68. The maximum atomic E-state index is 6.31. The van der Waals surface area contributed by atoms with Crippen molar-refractivity contribution in [3.05, 3.63) is 95.9 Å². The van der Waals surface area contributed by atoms with Gasteiger partial charge in [-0.25, -0.2) is 0 Å². The number of benzene rings is 3. The van der Waals surface area contributed by atoms with Gasteiger partial charge >= 0.3 is 0 Å². The van der Waals surface area contributed by atoms with Gasteiger partial charge in [-0.05, 0) is 35.6 Å². The molecular formula is C23H21O. The smallest absolute Gasteiger partial charge is 0.130 e. The number of aryl methyl sites for hydroxylation is 1. The fraction of sp³-hybridized carbons (Fsp3) is 0.174. The Morgan fingerprint density at radius 2 is 1.62 bits per heavy atom. The summed E-state index contributed by atoms with van der Waals surface area (Å²) in [5.41, 5.74) is 6.40. The molecule has 0 aromatic heterocycles. The van der Waals surface area contributed by atoms with Gasteiger partial charge in [0.05, 0.1) is 0 Å². The molecule has 119 valence electrons. The molecule has 1 heterocycles. The highest BCUT2D eigenvalue weighted by Gasteiger charge is 2.25. The molecule has 1 aliphatic heterocycles. The molecule has 24 heavy (non-hydrogen) atoms. The zero-order chi connectivity index (χ0) is 16.4. The minimum atomic E-state index is 0.158. The molecule has 0 fully saturated rings. The third-order valence-electron chi connectivity index (χ3n) is 4.68. The summed E-state index contributed by atoms with van der Waals surface area (Å²) >= 11 is 0. The lowest BCUT2D eigenvalue weighted by Gasteiger charge is -2.13. The zero-order valence-electron chi connectivity index (χ0n) is 13.9. The molecule has 1 heteroatoms. The molecule has 1 atom stereocenters. The minimum Gasteiger partial charge on any atom is -0.489 e. The summed E-state index contributed by atoms with van der Waals surface area (Å²) in [5, 5.41) is 0. The highest BCUT2D eigenvalue weighted by molar-refractivity contribution is 5.75. The van der Waals surface area contributed by atoms with Gasteiger partial charge in [-0.3, -0.25) is 0 Å². The van der Waals surface area contributed by atoms with Crippen LogP contribution in [-0.4, -0.2) is 6.10 Å². The van der Waals surface area contributed by atoms with Crippen molar-refractivity contribution < 1.29 is 4.74 Å². The molecule has 1 nitrogen and oxygen atoms in total. The van der Waals surface area contributed by atoms with Crippen LogP contribution in [0, 0.1) is 13.3 Å². The molecule has 3 aromatic carbocycles. The number of fused-ring (bicyclic) bond motifs is 1. The molecule has 1 unspecified atom stereocenters. The molecule has 1 radical (unpaired) electrons. The number of hydrogen-bond acceptors (Lipinski definition) is 1. The first-order valence-electron chi connectivity index (χ1n) is 8.53. The van der Waals surface area contributed by atoms with Crippen molar-refractivity contribution in [2.45, 2.75) is 25.9 Å². The summed E-state index contributed by atoms with van der Waals surface area (Å²) in [4.78, 5) is 0. The van der Waals surface area contributed by atoms with E-state index >= 15 is 0 Å². The van der Waals surface area contributed by atoms with Gasteiger partial charge in [0.15, 0.2) is 0 Å². The van der Waals surface area contributed by atoms with Gasteiger partial charge in [-0.2, -0.15) is 0 Å². The Bertz CT molecular complexity index is 836. The van der Waals surface area contributed by atoms with E-state index in [1.165, 1.54) is 27.8 Å². The zero-order valence-corrected chi connectivity index (χ0v) is 13.9. The average molecular weight is 313 g/mol. The molecule has 3 aromatic rings. The first kappa shape index (κ1) is 15.0. The Hall–Kier alpha value is -2.54. The lowest BCUT2D eigenvalue weighted by Crippen LogP contribution is -2.14. The van der Waals surface area contributed by atoms with Gasteiger partial charge < -0.3 is 4.74 Å². The fourth-order valence-electron chi connectivity index (χ4n) is 3.39. The van der Waals surface area contributed by atoms with Crippen LogP contribution in [-0.2, 0) is 12.8 Å². The normalized spacial score (nSPS) is 15.8. The van der Waals surface area contributed by atoms with Crippen molar-refractivity contribution in [1.29, 1.82) is 0 Å². The molecule has 0 saturated carbocycles. The Balaban J connectivity index is 1.54. The standard InChI is InChI=1S/C23H21O/c1-17-8-5-6-12-21(17)22-13-7-11-19-16-20(24-23(19)22)15-14-18-9-3-2-4-10-18/h2-13,15,20H,14,16H2,1H3. The van der Waals surface area contributed by atoms with Crippen LogP contribution in [0.5, 0.6) is 5.75 Å². The van der Waals surface area contributed by atoms with Crippen LogP contribution >= 0.6 is 0 Å². The van der Waals surface area contributed by atoms with E-state index in [9.17, 15) is 0 Å². The summed E-state index contributed by atoms with van der Waals surface area (Å²) in [5.74, 6) is 1.06. The predicted octanol–water partition coefficient (Wildman–Crippen LogP) is 5.41. The topological polar surface area (TPSA) is 9.23 Å². The van der Waals surface area contributed by atoms with E-state index in [4.69, 9.17) is 4.74 Å². The van der Waals surface area contributed by atoms with E-state index in [1.807, 2.05) is 0 Å². The van der Waals surface area contributed by atoms with E-state index in [0.29, 0.717) is 0 Å². The van der Waals surface area contributed by atoms with E-state index in [-0.39, 0.29) is 6.10 Å². The van der Waals surface area contributed by atoms with E-state index < -0.39 is 0 Å². The van der Waals surface area contributed by atoms with Gasteiger partial charge in [0.25, 0.3) is 0 Å². The summed E-state index contributed by atoms with van der Waals surface area (Å²) in [7, 11) is 0. The van der Waals surface area contributed by atoms with Gasteiger partial charge in [0.1, 0.15) is 11.9 Å². The number of rotatable bonds is 4. The predicted molar refractivity (Wildman–Crippen MR) is 99.2 cm³/mol. The Morgan fingerprint density at radius 3 is 2.46 bits per heavy atom. The van der Waals surface area contributed by atoms with Gasteiger partial charge in [-0.1, -0.05) is 72.8 Å². The van der Waals surface area contributed by atoms with E-state index in [1.54, 1.807) is 0 Å². The number of ether oxygens (including phenoxy) is 1. The van der Waals surface area contributed by atoms with Crippen LogP contribution < -0.4 is 4.74 Å². The average Bonchev–Trinajstić information content (AvgIpc) is 3.04. The van der Waals surface area contributed by atoms with Crippen LogP contribution in [0.4, 0.5) is 0 Å². The Kier molecular flexibility index (Phi) is 4.08. The van der Waals surface area contributed by atoms with Crippen LogP contribution in [0.1, 0.15) is 16.7 Å². The first-order valence-corrected chi connectivity index (χ1v) is 8.53. The maximum Gasteiger partial charge on any atom is 0.130 e. The number of hydrogen-bond donors (Lipinski definition) is 0. The molecule has 0 bridgehead atoms. The quantitative estimate of drug-likeness (QED) is 0.625. The first-order chi connectivity index (χ1) is 11.8. The minimum absolute atomic E-state index is 0.158. The molecule has 0 N–H and O–H groups in total. The Labute approximate surface area is 143 Å². The monoisotopic (exact) mass is 313 g/mol. The lowest BCUT2D eigenvalue weighted by molar-refractivity contribution is 0.264. The van der Waals surface area contributed by atoms with Gasteiger partial charge in [0.2, 0.25) is 0 Å². The molecule has 0 amide bonds. The molecular weight excluding hydrogens is 292 g/mol. The van der Waals surface area contributed by atoms with Crippen molar-refractivity contribution >= 4 is 0 Å². The van der Waals surface area contributed by atoms with Gasteiger partial charge in [0, 0.05) is 18.4 Å². The highest BCUT2D eigenvalue weighted by atomic mass is 16.5. The summed E-state index contributed by atoms with van der Waals surface area (Å²) in [6.45, 7) is 2.16. The van der Waals surface area contributed by atoms with Crippen LogP contribution in [0.15, 0.2) is 72.8 Å².